The van der Waals surface area contributed by atoms with E-state index < -0.39 is 0 Å². The zero-order chi connectivity index (χ0) is 19.6. The molecule has 3 aromatic heterocycles. The molecule has 7 nitrogen and oxygen atoms in total. The van der Waals surface area contributed by atoms with Crippen LogP contribution in [0.3, 0.4) is 0 Å². The van der Waals surface area contributed by atoms with E-state index in [1.165, 1.54) is 25.9 Å². The number of methoxy groups -OCH3 is 1. The normalized spacial score (nSPS) is 14.8. The Bertz CT molecular complexity index is 1110. The highest BCUT2D eigenvalue weighted by molar-refractivity contribution is 6.11. The van der Waals surface area contributed by atoms with Crippen LogP contribution in [0.4, 0.5) is 0 Å². The van der Waals surface area contributed by atoms with Crippen LogP contribution in [0.5, 0.6) is 11.5 Å². The van der Waals surface area contributed by atoms with Crippen molar-refractivity contribution in [3.05, 3.63) is 43.1 Å². The summed E-state index contributed by atoms with van der Waals surface area (Å²) >= 11 is 0. The third kappa shape index (κ3) is 3.42. The van der Waals surface area contributed by atoms with Gasteiger partial charge in [-0.3, -0.25) is 4.57 Å². The van der Waals surface area contributed by atoms with E-state index in [0.29, 0.717) is 6.61 Å². The van der Waals surface area contributed by atoms with Gasteiger partial charge in [0.2, 0.25) is 0 Å². The Kier molecular flexibility index (Phi) is 4.81. The monoisotopic (exact) mass is 391 g/mol. The van der Waals surface area contributed by atoms with Gasteiger partial charge in [-0.15, -0.1) is 0 Å². The largest absolute Gasteiger partial charge is 0.493 e. The molecule has 0 spiro atoms. The molecule has 0 amide bonds. The first-order valence-corrected chi connectivity index (χ1v) is 10.2. The van der Waals surface area contributed by atoms with Crippen molar-refractivity contribution in [2.75, 3.05) is 33.4 Å². The molecule has 1 fully saturated rings. The van der Waals surface area contributed by atoms with Gasteiger partial charge in [0.05, 0.1) is 30.1 Å². The van der Waals surface area contributed by atoms with Crippen molar-refractivity contribution in [2.45, 2.75) is 19.3 Å². The van der Waals surface area contributed by atoms with Gasteiger partial charge in [-0.2, -0.15) is 0 Å². The molecule has 29 heavy (non-hydrogen) atoms. The summed E-state index contributed by atoms with van der Waals surface area (Å²) in [5.74, 6) is 2.35. The van der Waals surface area contributed by atoms with E-state index >= 15 is 0 Å². The van der Waals surface area contributed by atoms with Gasteiger partial charge in [-0.25, -0.2) is 9.97 Å². The van der Waals surface area contributed by atoms with E-state index in [1.807, 2.05) is 29.0 Å². The Balaban J connectivity index is 1.45. The van der Waals surface area contributed by atoms with Gasteiger partial charge in [-0.1, -0.05) is 0 Å². The summed E-state index contributed by atoms with van der Waals surface area (Å²) in [7, 11) is 1.68. The van der Waals surface area contributed by atoms with E-state index in [4.69, 9.17) is 9.47 Å². The summed E-state index contributed by atoms with van der Waals surface area (Å²) in [4.78, 5) is 14.7. The third-order valence-electron chi connectivity index (χ3n) is 5.60. The van der Waals surface area contributed by atoms with Gasteiger partial charge in [0.1, 0.15) is 12.1 Å². The van der Waals surface area contributed by atoms with Crippen LogP contribution in [0.15, 0.2) is 43.1 Å². The van der Waals surface area contributed by atoms with Crippen molar-refractivity contribution in [1.82, 2.24) is 24.4 Å². The number of likely N-dealkylation sites (tertiary alicyclic amines) is 1. The lowest BCUT2D eigenvalue weighted by molar-refractivity contribution is 0.254. The molecule has 5 rings (SSSR count). The smallest absolute Gasteiger partial charge is 0.163 e. The molecule has 0 radical (unpaired) electrons. The van der Waals surface area contributed by atoms with E-state index in [9.17, 15) is 0 Å². The molecular weight excluding hydrogens is 366 g/mol. The molecule has 0 aliphatic carbocycles. The zero-order valence-electron chi connectivity index (χ0n) is 16.6. The van der Waals surface area contributed by atoms with Gasteiger partial charge in [0, 0.05) is 36.6 Å². The summed E-state index contributed by atoms with van der Waals surface area (Å²) in [5.41, 5.74) is 2.02. The molecule has 0 atom stereocenters. The molecule has 1 aromatic carbocycles. The minimum Gasteiger partial charge on any atom is -0.493 e. The van der Waals surface area contributed by atoms with Gasteiger partial charge in [-0.05, 0) is 44.5 Å². The third-order valence-corrected chi connectivity index (χ3v) is 5.60. The van der Waals surface area contributed by atoms with Crippen molar-refractivity contribution < 1.29 is 9.47 Å². The quantitative estimate of drug-likeness (QED) is 0.486. The number of nitrogens with one attached hydrogen (secondary N) is 1. The Hall–Kier alpha value is -3.06. The SMILES string of the molecule is COc1cc2c(cc1OCCCN1CCCC1)[nH]c1ccnc(-n3ccnc3)c12. The highest BCUT2D eigenvalue weighted by atomic mass is 16.5. The zero-order valence-corrected chi connectivity index (χ0v) is 16.6. The summed E-state index contributed by atoms with van der Waals surface area (Å²) in [5, 5.41) is 2.09. The molecule has 4 aromatic rings. The van der Waals surface area contributed by atoms with Crippen molar-refractivity contribution >= 4 is 21.8 Å². The lowest BCUT2D eigenvalue weighted by Crippen LogP contribution is -2.21. The number of hydrogen-bond acceptors (Lipinski definition) is 5. The lowest BCUT2D eigenvalue weighted by atomic mass is 10.1. The molecule has 7 heteroatoms. The topological polar surface area (TPSA) is 68.2 Å². The van der Waals surface area contributed by atoms with Crippen molar-refractivity contribution in [2.24, 2.45) is 0 Å². The predicted molar refractivity (Wildman–Crippen MR) is 113 cm³/mol. The minimum absolute atomic E-state index is 0.681. The Morgan fingerprint density at radius 2 is 2.00 bits per heavy atom. The Labute approximate surface area is 169 Å². The maximum Gasteiger partial charge on any atom is 0.163 e. The number of hydrogen-bond donors (Lipinski definition) is 1. The van der Waals surface area contributed by atoms with Crippen molar-refractivity contribution in [3.8, 4) is 17.3 Å². The van der Waals surface area contributed by atoms with Gasteiger partial charge >= 0.3 is 0 Å². The molecule has 1 aliphatic heterocycles. The van der Waals surface area contributed by atoms with E-state index in [2.05, 4.69) is 19.9 Å². The fourth-order valence-electron chi connectivity index (χ4n) is 4.16. The lowest BCUT2D eigenvalue weighted by Gasteiger charge is -2.15. The standard InChI is InChI=1S/C22H25N5O2/c1-28-19-13-16-18(14-20(19)29-12-4-10-26-8-2-3-9-26)25-17-5-6-24-22(21(16)17)27-11-7-23-15-27/h5-7,11,13-15,25H,2-4,8-10,12H2,1H3. The Morgan fingerprint density at radius 1 is 1.10 bits per heavy atom. The van der Waals surface area contributed by atoms with E-state index in [0.717, 1.165) is 52.1 Å². The highest BCUT2D eigenvalue weighted by Crippen LogP contribution is 2.37. The average molecular weight is 391 g/mol. The number of imidazole rings is 1. The van der Waals surface area contributed by atoms with Crippen LogP contribution < -0.4 is 9.47 Å². The molecule has 4 heterocycles. The summed E-state index contributed by atoms with van der Waals surface area (Å²) in [6.07, 6.45) is 10.9. The number of pyridine rings is 1. The van der Waals surface area contributed by atoms with Gasteiger partial charge in [0.15, 0.2) is 11.5 Å². The van der Waals surface area contributed by atoms with Crippen LogP contribution >= 0.6 is 0 Å². The predicted octanol–water partition coefficient (Wildman–Crippen LogP) is 3.78. The first-order chi connectivity index (χ1) is 14.3. The summed E-state index contributed by atoms with van der Waals surface area (Å²) in [6.45, 7) is 4.21. The van der Waals surface area contributed by atoms with Crippen LogP contribution in [0.2, 0.25) is 0 Å². The van der Waals surface area contributed by atoms with Crippen LogP contribution in [0.1, 0.15) is 19.3 Å². The summed E-state index contributed by atoms with van der Waals surface area (Å²) < 4.78 is 13.7. The van der Waals surface area contributed by atoms with Crippen LogP contribution in [-0.4, -0.2) is 57.8 Å². The molecule has 0 saturated carbocycles. The number of benzene rings is 1. The fourth-order valence-corrected chi connectivity index (χ4v) is 4.16. The first kappa shape index (κ1) is 18.0. The Morgan fingerprint density at radius 3 is 2.79 bits per heavy atom. The molecule has 0 unspecified atom stereocenters. The molecule has 0 bridgehead atoms. The number of rotatable bonds is 7. The summed E-state index contributed by atoms with van der Waals surface area (Å²) in [6, 6.07) is 6.05. The average Bonchev–Trinajstić information content (AvgIpc) is 3.51. The first-order valence-electron chi connectivity index (χ1n) is 10.2. The van der Waals surface area contributed by atoms with Crippen molar-refractivity contribution in [1.29, 1.82) is 0 Å². The molecule has 1 saturated heterocycles. The molecule has 1 N–H and O–H groups in total. The van der Waals surface area contributed by atoms with Crippen LogP contribution in [0.25, 0.3) is 27.6 Å². The number of ether oxygens (including phenoxy) is 2. The second kappa shape index (κ2) is 7.75. The van der Waals surface area contributed by atoms with Crippen LogP contribution in [0, 0.1) is 0 Å². The van der Waals surface area contributed by atoms with E-state index in [-0.39, 0.29) is 0 Å². The second-order valence-corrected chi connectivity index (χ2v) is 7.45. The number of aromatic nitrogens is 4. The van der Waals surface area contributed by atoms with E-state index in [1.54, 1.807) is 25.8 Å². The molecule has 150 valence electrons. The number of H-pyrrole nitrogens is 1. The number of nitrogens with zero attached hydrogens (tertiary/aromatic N) is 4. The second-order valence-electron chi connectivity index (χ2n) is 7.45. The molecule has 1 aliphatic rings. The van der Waals surface area contributed by atoms with Crippen LogP contribution in [-0.2, 0) is 0 Å². The maximum absolute atomic E-state index is 6.09. The van der Waals surface area contributed by atoms with Gasteiger partial charge in [0.25, 0.3) is 0 Å². The minimum atomic E-state index is 0.681. The van der Waals surface area contributed by atoms with Gasteiger partial charge < -0.3 is 19.4 Å². The van der Waals surface area contributed by atoms with Crippen molar-refractivity contribution in [3.63, 3.8) is 0 Å². The maximum atomic E-state index is 6.09. The number of fused-ring (bicyclic) bond motifs is 3. The highest BCUT2D eigenvalue weighted by Gasteiger charge is 2.16. The number of aromatic amines is 1. The molecular formula is C22H25N5O2. The fraction of sp³-hybridized carbons (Fsp3) is 0.364.